The number of aromatic nitrogens is 1. The number of aryl methyl sites for hydroxylation is 2. The van der Waals surface area contributed by atoms with Gasteiger partial charge in [0.2, 0.25) is 0 Å². The standard InChI is InChI=1S/C14H17NO/c1-3-4-5-12-6-8-13(9-7-12)14-10-15-11(2)16-14/h6-10H,3-5H2,1-2H3. The van der Waals surface area contributed by atoms with Gasteiger partial charge in [-0.3, -0.25) is 0 Å². The summed E-state index contributed by atoms with van der Waals surface area (Å²) in [5, 5.41) is 0. The Morgan fingerprint density at radius 2 is 1.94 bits per heavy atom. The van der Waals surface area contributed by atoms with E-state index >= 15 is 0 Å². The molecule has 0 bridgehead atoms. The van der Waals surface area contributed by atoms with Gasteiger partial charge in [-0.1, -0.05) is 37.6 Å². The van der Waals surface area contributed by atoms with Gasteiger partial charge in [-0.05, 0) is 18.4 Å². The Morgan fingerprint density at radius 3 is 2.50 bits per heavy atom. The Bertz CT molecular complexity index is 442. The third kappa shape index (κ3) is 2.51. The van der Waals surface area contributed by atoms with E-state index in [4.69, 9.17) is 4.42 Å². The zero-order chi connectivity index (χ0) is 11.4. The van der Waals surface area contributed by atoms with Crippen LogP contribution in [-0.2, 0) is 6.42 Å². The van der Waals surface area contributed by atoms with E-state index in [1.807, 2.05) is 6.92 Å². The highest BCUT2D eigenvalue weighted by molar-refractivity contribution is 5.56. The van der Waals surface area contributed by atoms with Crippen molar-refractivity contribution in [3.63, 3.8) is 0 Å². The minimum atomic E-state index is 0.713. The minimum Gasteiger partial charge on any atom is -0.441 e. The van der Waals surface area contributed by atoms with Crippen molar-refractivity contribution in [1.29, 1.82) is 0 Å². The predicted molar refractivity (Wildman–Crippen MR) is 65.3 cm³/mol. The SMILES string of the molecule is CCCCc1ccc(-c2cnc(C)o2)cc1. The third-order valence-corrected chi connectivity index (χ3v) is 2.68. The molecule has 0 unspecified atom stereocenters. The second kappa shape index (κ2) is 4.97. The molecule has 0 saturated heterocycles. The van der Waals surface area contributed by atoms with E-state index < -0.39 is 0 Å². The molecule has 2 heteroatoms. The molecule has 16 heavy (non-hydrogen) atoms. The van der Waals surface area contributed by atoms with Crippen LogP contribution in [0, 0.1) is 6.92 Å². The second-order valence-corrected chi connectivity index (χ2v) is 4.04. The van der Waals surface area contributed by atoms with Gasteiger partial charge in [0.25, 0.3) is 0 Å². The molecule has 2 rings (SSSR count). The van der Waals surface area contributed by atoms with Crippen LogP contribution < -0.4 is 0 Å². The molecule has 0 saturated carbocycles. The van der Waals surface area contributed by atoms with Crippen LogP contribution in [-0.4, -0.2) is 4.98 Å². The van der Waals surface area contributed by atoms with Crippen LogP contribution in [0.25, 0.3) is 11.3 Å². The maximum Gasteiger partial charge on any atom is 0.191 e. The lowest BCUT2D eigenvalue weighted by atomic mass is 10.1. The lowest BCUT2D eigenvalue weighted by molar-refractivity contribution is 0.534. The first-order valence-electron chi connectivity index (χ1n) is 5.81. The van der Waals surface area contributed by atoms with Crippen molar-refractivity contribution in [3.8, 4) is 11.3 Å². The first-order valence-corrected chi connectivity index (χ1v) is 5.81. The fourth-order valence-electron chi connectivity index (χ4n) is 1.71. The summed E-state index contributed by atoms with van der Waals surface area (Å²) in [6, 6.07) is 8.54. The molecule has 0 amide bonds. The summed E-state index contributed by atoms with van der Waals surface area (Å²) in [6.07, 6.45) is 5.42. The van der Waals surface area contributed by atoms with Crippen molar-refractivity contribution < 1.29 is 4.42 Å². The Kier molecular flexibility index (Phi) is 3.40. The van der Waals surface area contributed by atoms with Crippen LogP contribution in [0.2, 0.25) is 0 Å². The minimum absolute atomic E-state index is 0.713. The summed E-state index contributed by atoms with van der Waals surface area (Å²) in [5.41, 5.74) is 2.49. The van der Waals surface area contributed by atoms with Crippen LogP contribution >= 0.6 is 0 Å². The molecule has 84 valence electrons. The van der Waals surface area contributed by atoms with Gasteiger partial charge in [0.05, 0.1) is 6.20 Å². The highest BCUT2D eigenvalue weighted by atomic mass is 16.4. The van der Waals surface area contributed by atoms with E-state index in [-0.39, 0.29) is 0 Å². The first kappa shape index (κ1) is 10.9. The molecule has 0 atom stereocenters. The Labute approximate surface area is 96.3 Å². The molecule has 0 radical (unpaired) electrons. The summed E-state index contributed by atoms with van der Waals surface area (Å²) in [5.74, 6) is 1.56. The number of rotatable bonds is 4. The normalized spacial score (nSPS) is 10.6. The molecule has 0 spiro atoms. The van der Waals surface area contributed by atoms with Crippen molar-refractivity contribution in [3.05, 3.63) is 41.9 Å². The molecular weight excluding hydrogens is 198 g/mol. The maximum absolute atomic E-state index is 5.48. The zero-order valence-corrected chi connectivity index (χ0v) is 9.86. The van der Waals surface area contributed by atoms with Gasteiger partial charge in [0, 0.05) is 12.5 Å². The summed E-state index contributed by atoms with van der Waals surface area (Å²) in [6.45, 7) is 4.07. The number of benzene rings is 1. The Morgan fingerprint density at radius 1 is 1.19 bits per heavy atom. The van der Waals surface area contributed by atoms with Gasteiger partial charge in [-0.2, -0.15) is 0 Å². The van der Waals surface area contributed by atoms with Crippen molar-refractivity contribution in [2.75, 3.05) is 0 Å². The number of oxazole rings is 1. The van der Waals surface area contributed by atoms with Crippen LogP contribution in [0.4, 0.5) is 0 Å². The van der Waals surface area contributed by atoms with Crippen LogP contribution in [0.5, 0.6) is 0 Å². The predicted octanol–water partition coefficient (Wildman–Crippen LogP) is 3.99. The van der Waals surface area contributed by atoms with E-state index in [9.17, 15) is 0 Å². The van der Waals surface area contributed by atoms with Gasteiger partial charge in [0.1, 0.15) is 0 Å². The summed E-state index contributed by atoms with van der Waals surface area (Å²) in [7, 11) is 0. The Hall–Kier alpha value is -1.57. The first-order chi connectivity index (χ1) is 7.79. The highest BCUT2D eigenvalue weighted by Crippen LogP contribution is 2.20. The van der Waals surface area contributed by atoms with Crippen molar-refractivity contribution in [2.24, 2.45) is 0 Å². The molecule has 1 aromatic carbocycles. The quantitative estimate of drug-likeness (QED) is 0.770. The summed E-state index contributed by atoms with van der Waals surface area (Å²) >= 11 is 0. The third-order valence-electron chi connectivity index (χ3n) is 2.68. The maximum atomic E-state index is 5.48. The fourth-order valence-corrected chi connectivity index (χ4v) is 1.71. The molecule has 0 aliphatic heterocycles. The molecule has 2 nitrogen and oxygen atoms in total. The van der Waals surface area contributed by atoms with Gasteiger partial charge in [-0.15, -0.1) is 0 Å². The number of hydrogen-bond acceptors (Lipinski definition) is 2. The van der Waals surface area contributed by atoms with Crippen LogP contribution in [0.1, 0.15) is 31.2 Å². The lowest BCUT2D eigenvalue weighted by Crippen LogP contribution is -1.84. The van der Waals surface area contributed by atoms with Gasteiger partial charge in [-0.25, -0.2) is 4.98 Å². The summed E-state index contributed by atoms with van der Waals surface area (Å²) < 4.78 is 5.48. The molecule has 1 aromatic heterocycles. The fraction of sp³-hybridized carbons (Fsp3) is 0.357. The van der Waals surface area contributed by atoms with Gasteiger partial charge in [0.15, 0.2) is 11.7 Å². The molecule has 0 aliphatic rings. The van der Waals surface area contributed by atoms with E-state index in [0.717, 1.165) is 17.7 Å². The summed E-state index contributed by atoms with van der Waals surface area (Å²) in [4.78, 5) is 4.10. The van der Waals surface area contributed by atoms with E-state index in [0.29, 0.717) is 5.89 Å². The molecule has 0 fully saturated rings. The van der Waals surface area contributed by atoms with Gasteiger partial charge >= 0.3 is 0 Å². The largest absolute Gasteiger partial charge is 0.441 e. The number of hydrogen-bond donors (Lipinski definition) is 0. The average molecular weight is 215 g/mol. The Balaban J connectivity index is 2.13. The molecular formula is C14H17NO. The topological polar surface area (TPSA) is 26.0 Å². The van der Waals surface area contributed by atoms with E-state index in [1.54, 1.807) is 6.20 Å². The smallest absolute Gasteiger partial charge is 0.191 e. The molecule has 0 N–H and O–H groups in total. The van der Waals surface area contributed by atoms with Crippen molar-refractivity contribution in [2.45, 2.75) is 33.1 Å². The number of nitrogens with zero attached hydrogens (tertiary/aromatic N) is 1. The van der Waals surface area contributed by atoms with Gasteiger partial charge < -0.3 is 4.42 Å². The van der Waals surface area contributed by atoms with Crippen LogP contribution in [0.15, 0.2) is 34.9 Å². The van der Waals surface area contributed by atoms with Crippen LogP contribution in [0.3, 0.4) is 0 Å². The second-order valence-electron chi connectivity index (χ2n) is 4.04. The van der Waals surface area contributed by atoms with E-state index in [1.165, 1.54) is 18.4 Å². The number of unbranched alkanes of at least 4 members (excludes halogenated alkanes) is 1. The average Bonchev–Trinajstić information content (AvgIpc) is 2.74. The molecule has 2 aromatic rings. The molecule has 0 aliphatic carbocycles. The van der Waals surface area contributed by atoms with E-state index in [2.05, 4.69) is 36.2 Å². The monoisotopic (exact) mass is 215 g/mol. The van der Waals surface area contributed by atoms with Crippen molar-refractivity contribution in [1.82, 2.24) is 4.98 Å². The van der Waals surface area contributed by atoms with Crippen molar-refractivity contribution >= 4 is 0 Å². The zero-order valence-electron chi connectivity index (χ0n) is 9.86. The highest BCUT2D eigenvalue weighted by Gasteiger charge is 2.03. The lowest BCUT2D eigenvalue weighted by Gasteiger charge is -2.01. The molecule has 1 heterocycles.